The Labute approximate surface area is 115 Å². The molecule has 0 heterocycles. The summed E-state index contributed by atoms with van der Waals surface area (Å²) in [5.41, 5.74) is 1.01. The fourth-order valence-corrected chi connectivity index (χ4v) is 1.72. The maximum atomic E-state index is 10.8. The molecule has 1 rings (SSSR count). The number of hydrogen-bond donors (Lipinski definition) is 0. The van der Waals surface area contributed by atoms with Crippen LogP contribution in [0.15, 0.2) is 30.3 Å². The fourth-order valence-electron chi connectivity index (χ4n) is 1.72. The largest absolute Gasteiger partial charge is 0.492 e. The van der Waals surface area contributed by atoms with Crippen LogP contribution in [0.25, 0.3) is 6.08 Å². The van der Waals surface area contributed by atoms with Gasteiger partial charge in [-0.05, 0) is 43.8 Å². The van der Waals surface area contributed by atoms with Crippen molar-refractivity contribution in [3.63, 3.8) is 0 Å². The first-order valence-corrected chi connectivity index (χ1v) is 6.79. The summed E-state index contributed by atoms with van der Waals surface area (Å²) >= 11 is 0. The van der Waals surface area contributed by atoms with E-state index < -0.39 is 0 Å². The maximum absolute atomic E-state index is 10.8. The van der Waals surface area contributed by atoms with Crippen LogP contribution in [0.4, 0.5) is 0 Å². The summed E-state index contributed by atoms with van der Waals surface area (Å²) < 4.78 is 5.69. The molecule has 0 aromatic heterocycles. The third-order valence-electron chi connectivity index (χ3n) is 2.96. The molecule has 3 nitrogen and oxygen atoms in total. The van der Waals surface area contributed by atoms with Crippen LogP contribution >= 0.6 is 0 Å². The molecule has 0 spiro atoms. The lowest BCUT2D eigenvalue weighted by Crippen LogP contribution is -2.27. The summed E-state index contributed by atoms with van der Waals surface area (Å²) in [6.07, 6.45) is 3.37. The number of ether oxygens (including phenoxy) is 1. The summed E-state index contributed by atoms with van der Waals surface area (Å²) in [6, 6.07) is 7.77. The van der Waals surface area contributed by atoms with E-state index in [1.54, 1.807) is 13.0 Å². The second-order valence-corrected chi connectivity index (χ2v) is 4.39. The van der Waals surface area contributed by atoms with Crippen LogP contribution in [0.3, 0.4) is 0 Å². The molecule has 0 fully saturated rings. The van der Waals surface area contributed by atoms with Gasteiger partial charge >= 0.3 is 0 Å². The second kappa shape index (κ2) is 8.48. The highest BCUT2D eigenvalue weighted by atomic mass is 16.5. The number of rotatable bonds is 8. The van der Waals surface area contributed by atoms with E-state index in [0.29, 0.717) is 6.61 Å². The highest BCUT2D eigenvalue weighted by Crippen LogP contribution is 2.13. The summed E-state index contributed by atoms with van der Waals surface area (Å²) in [5, 5.41) is 0. The number of allylic oxidation sites excluding steroid dienone is 1. The first-order valence-electron chi connectivity index (χ1n) is 6.79. The Bertz CT molecular complexity index is 405. The number of likely N-dealkylation sites (N-methyl/N-ethyl adjacent to an activating group) is 1. The Balaban J connectivity index is 2.42. The van der Waals surface area contributed by atoms with E-state index in [9.17, 15) is 4.79 Å². The standard InChI is InChI=1S/C16H23NO2/c1-4-17(5-2)12-13-19-16-10-8-15(9-11-16)7-6-14(3)18/h6-11H,4-5,12-13H2,1-3H3. The van der Waals surface area contributed by atoms with Crippen LogP contribution in [0.2, 0.25) is 0 Å². The Hall–Kier alpha value is -1.61. The van der Waals surface area contributed by atoms with Crippen molar-refractivity contribution in [3.8, 4) is 5.75 Å². The molecule has 3 heteroatoms. The Morgan fingerprint density at radius 2 is 1.84 bits per heavy atom. The number of carbonyl (C=O) groups excluding carboxylic acids is 1. The second-order valence-electron chi connectivity index (χ2n) is 4.39. The van der Waals surface area contributed by atoms with Gasteiger partial charge in [0.15, 0.2) is 5.78 Å². The number of hydrogen-bond acceptors (Lipinski definition) is 3. The van der Waals surface area contributed by atoms with Crippen LogP contribution in [-0.2, 0) is 4.79 Å². The topological polar surface area (TPSA) is 29.5 Å². The van der Waals surface area contributed by atoms with Crippen molar-refractivity contribution >= 4 is 11.9 Å². The SMILES string of the molecule is CCN(CC)CCOc1ccc(C=CC(C)=O)cc1. The Morgan fingerprint density at radius 1 is 1.21 bits per heavy atom. The van der Waals surface area contributed by atoms with Gasteiger partial charge < -0.3 is 9.64 Å². The highest BCUT2D eigenvalue weighted by molar-refractivity contribution is 5.91. The van der Waals surface area contributed by atoms with Crippen LogP contribution in [-0.4, -0.2) is 36.9 Å². The van der Waals surface area contributed by atoms with Gasteiger partial charge in [-0.25, -0.2) is 0 Å². The molecule has 0 aliphatic carbocycles. The molecule has 19 heavy (non-hydrogen) atoms. The fraction of sp³-hybridized carbons (Fsp3) is 0.438. The van der Waals surface area contributed by atoms with Crippen LogP contribution < -0.4 is 4.74 Å². The first-order chi connectivity index (χ1) is 9.15. The minimum Gasteiger partial charge on any atom is -0.492 e. The molecular formula is C16H23NO2. The van der Waals surface area contributed by atoms with Gasteiger partial charge in [0, 0.05) is 6.54 Å². The zero-order valence-electron chi connectivity index (χ0n) is 12.1. The molecule has 0 atom stereocenters. The van der Waals surface area contributed by atoms with Gasteiger partial charge in [-0.2, -0.15) is 0 Å². The van der Waals surface area contributed by atoms with Gasteiger partial charge in [0.2, 0.25) is 0 Å². The molecule has 0 saturated carbocycles. The van der Waals surface area contributed by atoms with E-state index in [1.165, 1.54) is 0 Å². The maximum Gasteiger partial charge on any atom is 0.152 e. The van der Waals surface area contributed by atoms with Gasteiger partial charge in [0.25, 0.3) is 0 Å². The van der Waals surface area contributed by atoms with E-state index in [2.05, 4.69) is 18.7 Å². The number of ketones is 1. The van der Waals surface area contributed by atoms with Crippen LogP contribution in [0.5, 0.6) is 5.75 Å². The third kappa shape index (κ3) is 6.20. The minimum absolute atomic E-state index is 0.0551. The van der Waals surface area contributed by atoms with Crippen molar-refractivity contribution in [2.45, 2.75) is 20.8 Å². The normalized spacial score (nSPS) is 11.2. The zero-order chi connectivity index (χ0) is 14.1. The van der Waals surface area contributed by atoms with Crippen LogP contribution in [0.1, 0.15) is 26.3 Å². The lowest BCUT2D eigenvalue weighted by molar-refractivity contribution is -0.112. The predicted molar refractivity (Wildman–Crippen MR) is 79.4 cm³/mol. The van der Waals surface area contributed by atoms with Crippen molar-refractivity contribution in [2.75, 3.05) is 26.2 Å². The Morgan fingerprint density at radius 3 is 2.37 bits per heavy atom. The minimum atomic E-state index is 0.0551. The lowest BCUT2D eigenvalue weighted by Gasteiger charge is -2.17. The molecule has 1 aromatic carbocycles. The van der Waals surface area contributed by atoms with Crippen LogP contribution in [0, 0.1) is 0 Å². The molecule has 0 saturated heterocycles. The zero-order valence-corrected chi connectivity index (χ0v) is 12.1. The van der Waals surface area contributed by atoms with Crippen molar-refractivity contribution in [1.29, 1.82) is 0 Å². The number of benzene rings is 1. The first kappa shape index (κ1) is 15.4. The lowest BCUT2D eigenvalue weighted by atomic mass is 10.2. The molecule has 0 bridgehead atoms. The number of nitrogens with zero attached hydrogens (tertiary/aromatic N) is 1. The molecular weight excluding hydrogens is 238 g/mol. The van der Waals surface area contributed by atoms with E-state index in [4.69, 9.17) is 4.74 Å². The van der Waals surface area contributed by atoms with Gasteiger partial charge in [0.1, 0.15) is 12.4 Å². The van der Waals surface area contributed by atoms with Crippen molar-refractivity contribution in [3.05, 3.63) is 35.9 Å². The van der Waals surface area contributed by atoms with Crippen molar-refractivity contribution in [2.24, 2.45) is 0 Å². The summed E-state index contributed by atoms with van der Waals surface area (Å²) in [4.78, 5) is 13.2. The molecule has 0 aliphatic rings. The van der Waals surface area contributed by atoms with Gasteiger partial charge in [0.05, 0.1) is 0 Å². The molecule has 0 amide bonds. The average Bonchev–Trinajstić information content (AvgIpc) is 2.42. The average molecular weight is 261 g/mol. The monoisotopic (exact) mass is 261 g/mol. The number of carbonyl (C=O) groups is 1. The van der Waals surface area contributed by atoms with Crippen molar-refractivity contribution < 1.29 is 9.53 Å². The smallest absolute Gasteiger partial charge is 0.152 e. The molecule has 0 N–H and O–H groups in total. The quantitative estimate of drug-likeness (QED) is 0.674. The summed E-state index contributed by atoms with van der Waals surface area (Å²) in [7, 11) is 0. The molecule has 0 radical (unpaired) electrons. The Kier molecular flexibility index (Phi) is 6.90. The van der Waals surface area contributed by atoms with Crippen molar-refractivity contribution in [1.82, 2.24) is 4.90 Å². The summed E-state index contributed by atoms with van der Waals surface area (Å²) in [6.45, 7) is 9.59. The highest BCUT2D eigenvalue weighted by Gasteiger charge is 1.99. The molecule has 104 valence electrons. The molecule has 0 unspecified atom stereocenters. The van der Waals surface area contributed by atoms with E-state index in [0.717, 1.165) is 30.9 Å². The van der Waals surface area contributed by atoms with E-state index in [1.807, 2.05) is 30.3 Å². The molecule has 0 aliphatic heterocycles. The van der Waals surface area contributed by atoms with E-state index in [-0.39, 0.29) is 5.78 Å². The van der Waals surface area contributed by atoms with E-state index >= 15 is 0 Å². The third-order valence-corrected chi connectivity index (χ3v) is 2.96. The summed E-state index contributed by atoms with van der Waals surface area (Å²) in [5.74, 6) is 0.923. The van der Waals surface area contributed by atoms with Gasteiger partial charge in [-0.15, -0.1) is 0 Å². The predicted octanol–water partition coefficient (Wildman–Crippen LogP) is 3.01. The van der Waals surface area contributed by atoms with Gasteiger partial charge in [-0.3, -0.25) is 4.79 Å². The van der Waals surface area contributed by atoms with Gasteiger partial charge in [-0.1, -0.05) is 32.1 Å². The molecule has 1 aromatic rings.